The van der Waals surface area contributed by atoms with Crippen molar-refractivity contribution in [3.63, 3.8) is 0 Å². The predicted molar refractivity (Wildman–Crippen MR) is 50.0 cm³/mol. The van der Waals surface area contributed by atoms with Gasteiger partial charge in [0.25, 0.3) is 6.47 Å². The first kappa shape index (κ1) is 8.52. The van der Waals surface area contributed by atoms with Crippen LogP contribution in [0.4, 0.5) is 0 Å². The molecule has 0 aliphatic rings. The molecule has 3 heteroatoms. The van der Waals surface area contributed by atoms with Gasteiger partial charge in [0.15, 0.2) is 0 Å². The number of ether oxygens (including phenoxy) is 1. The van der Waals surface area contributed by atoms with Gasteiger partial charge in [0, 0.05) is 3.57 Å². The van der Waals surface area contributed by atoms with Crippen LogP contribution in [0.2, 0.25) is 0 Å². The van der Waals surface area contributed by atoms with Crippen molar-refractivity contribution in [2.24, 2.45) is 0 Å². The Balaban J connectivity index is 2.63. The fourth-order valence-corrected chi connectivity index (χ4v) is 1.36. The molecular weight excluding hydrogens is 255 g/mol. The summed E-state index contributed by atoms with van der Waals surface area (Å²) < 4.78 is 5.74. The molecule has 0 saturated carbocycles. The van der Waals surface area contributed by atoms with Crippen LogP contribution in [0.1, 0.15) is 5.56 Å². The van der Waals surface area contributed by atoms with Crippen molar-refractivity contribution in [3.8, 4) is 0 Å². The molecule has 0 radical (unpaired) electrons. The van der Waals surface area contributed by atoms with Crippen molar-refractivity contribution in [2.45, 2.75) is 6.61 Å². The lowest BCUT2D eigenvalue weighted by Gasteiger charge is -1.98. The van der Waals surface area contributed by atoms with Gasteiger partial charge < -0.3 is 4.74 Å². The standard InChI is InChI=1S/C8H7IO2/c9-8-3-1-2-7(4-8)5-11-6-10/h1-4,6H,5H2. The summed E-state index contributed by atoms with van der Waals surface area (Å²) in [6.07, 6.45) is 0. The van der Waals surface area contributed by atoms with E-state index in [1.807, 2.05) is 24.3 Å². The van der Waals surface area contributed by atoms with E-state index in [0.29, 0.717) is 13.1 Å². The van der Waals surface area contributed by atoms with Gasteiger partial charge in [0.1, 0.15) is 6.61 Å². The first-order chi connectivity index (χ1) is 5.33. The second kappa shape index (κ2) is 4.33. The highest BCUT2D eigenvalue weighted by molar-refractivity contribution is 14.1. The molecule has 0 aromatic heterocycles. The van der Waals surface area contributed by atoms with E-state index >= 15 is 0 Å². The molecule has 58 valence electrons. The summed E-state index contributed by atoms with van der Waals surface area (Å²) >= 11 is 2.21. The zero-order valence-corrected chi connectivity index (χ0v) is 7.95. The van der Waals surface area contributed by atoms with Gasteiger partial charge in [0.05, 0.1) is 0 Å². The van der Waals surface area contributed by atoms with Gasteiger partial charge in [-0.15, -0.1) is 0 Å². The molecule has 0 heterocycles. The van der Waals surface area contributed by atoms with E-state index in [1.54, 1.807) is 0 Å². The minimum absolute atomic E-state index is 0.361. The average Bonchev–Trinajstić information content (AvgIpc) is 2.01. The van der Waals surface area contributed by atoms with Gasteiger partial charge >= 0.3 is 0 Å². The van der Waals surface area contributed by atoms with Crippen molar-refractivity contribution in [2.75, 3.05) is 0 Å². The van der Waals surface area contributed by atoms with E-state index in [1.165, 1.54) is 0 Å². The second-order valence-electron chi connectivity index (χ2n) is 2.04. The van der Waals surface area contributed by atoms with Crippen LogP contribution in [0, 0.1) is 3.57 Å². The summed E-state index contributed by atoms with van der Waals surface area (Å²) in [4.78, 5) is 9.84. The molecule has 0 spiro atoms. The van der Waals surface area contributed by atoms with Crippen molar-refractivity contribution in [3.05, 3.63) is 33.4 Å². The number of halogens is 1. The Morgan fingerprint density at radius 2 is 2.36 bits per heavy atom. The second-order valence-corrected chi connectivity index (χ2v) is 3.28. The molecule has 0 saturated heterocycles. The van der Waals surface area contributed by atoms with Crippen LogP contribution in [0.3, 0.4) is 0 Å². The Morgan fingerprint density at radius 1 is 1.55 bits per heavy atom. The van der Waals surface area contributed by atoms with Gasteiger partial charge in [-0.2, -0.15) is 0 Å². The fraction of sp³-hybridized carbons (Fsp3) is 0.125. The summed E-state index contributed by atoms with van der Waals surface area (Å²) in [6, 6.07) is 7.83. The van der Waals surface area contributed by atoms with Crippen molar-refractivity contribution in [1.29, 1.82) is 0 Å². The third-order valence-electron chi connectivity index (χ3n) is 1.21. The molecule has 0 aliphatic carbocycles. The molecule has 2 nitrogen and oxygen atoms in total. The van der Waals surface area contributed by atoms with Crippen molar-refractivity contribution >= 4 is 29.1 Å². The number of carbonyl (C=O) groups is 1. The van der Waals surface area contributed by atoms with Crippen LogP contribution in [0.15, 0.2) is 24.3 Å². The lowest BCUT2D eigenvalue weighted by molar-refractivity contribution is -0.129. The molecule has 11 heavy (non-hydrogen) atoms. The quantitative estimate of drug-likeness (QED) is 0.614. The fourth-order valence-electron chi connectivity index (χ4n) is 0.757. The third kappa shape index (κ3) is 2.88. The lowest BCUT2D eigenvalue weighted by atomic mass is 10.2. The van der Waals surface area contributed by atoms with Crippen molar-refractivity contribution in [1.82, 2.24) is 0 Å². The molecule has 1 aromatic rings. The molecule has 0 fully saturated rings. The molecule has 0 aliphatic heterocycles. The monoisotopic (exact) mass is 262 g/mol. The smallest absolute Gasteiger partial charge is 0.293 e. The first-order valence-electron chi connectivity index (χ1n) is 3.12. The van der Waals surface area contributed by atoms with Crippen LogP contribution in [0.5, 0.6) is 0 Å². The highest BCUT2D eigenvalue weighted by Crippen LogP contribution is 2.07. The maximum Gasteiger partial charge on any atom is 0.293 e. The summed E-state index contributed by atoms with van der Waals surface area (Å²) in [7, 11) is 0. The molecule has 1 aromatic carbocycles. The molecule has 0 N–H and O–H groups in total. The van der Waals surface area contributed by atoms with E-state index in [9.17, 15) is 4.79 Å². The van der Waals surface area contributed by atoms with E-state index in [0.717, 1.165) is 9.13 Å². The Bertz CT molecular complexity index is 248. The van der Waals surface area contributed by atoms with E-state index < -0.39 is 0 Å². The first-order valence-corrected chi connectivity index (χ1v) is 4.20. The zero-order chi connectivity index (χ0) is 8.10. The molecule has 0 atom stereocenters. The maximum absolute atomic E-state index is 9.84. The Morgan fingerprint density at radius 3 is 3.00 bits per heavy atom. The Kier molecular flexibility index (Phi) is 3.35. The number of benzene rings is 1. The minimum Gasteiger partial charge on any atom is -0.463 e. The largest absolute Gasteiger partial charge is 0.463 e. The third-order valence-corrected chi connectivity index (χ3v) is 1.88. The molecule has 0 bridgehead atoms. The van der Waals surface area contributed by atoms with Gasteiger partial charge in [-0.05, 0) is 40.3 Å². The number of hydrogen-bond acceptors (Lipinski definition) is 2. The van der Waals surface area contributed by atoms with Gasteiger partial charge in [-0.3, -0.25) is 4.79 Å². The summed E-state index contributed by atoms with van der Waals surface area (Å²) in [5, 5.41) is 0. The molecular formula is C8H7IO2. The highest BCUT2D eigenvalue weighted by Gasteiger charge is 1.91. The minimum atomic E-state index is 0.361. The molecule has 0 amide bonds. The summed E-state index contributed by atoms with van der Waals surface area (Å²) in [5.74, 6) is 0. The zero-order valence-electron chi connectivity index (χ0n) is 5.79. The van der Waals surface area contributed by atoms with Crippen LogP contribution in [-0.4, -0.2) is 6.47 Å². The van der Waals surface area contributed by atoms with Crippen LogP contribution < -0.4 is 0 Å². The Hall–Kier alpha value is -0.580. The average molecular weight is 262 g/mol. The lowest BCUT2D eigenvalue weighted by Crippen LogP contribution is -1.89. The SMILES string of the molecule is O=COCc1cccc(I)c1. The molecule has 1 rings (SSSR count). The Labute approximate surface area is 78.7 Å². The summed E-state index contributed by atoms with van der Waals surface area (Å²) in [6.45, 7) is 0.820. The van der Waals surface area contributed by atoms with Crippen molar-refractivity contribution < 1.29 is 9.53 Å². The topological polar surface area (TPSA) is 26.3 Å². The normalized spacial score (nSPS) is 9.18. The number of carbonyl (C=O) groups excluding carboxylic acids is 1. The van der Waals surface area contributed by atoms with E-state index in [4.69, 9.17) is 0 Å². The van der Waals surface area contributed by atoms with Crippen LogP contribution in [0.25, 0.3) is 0 Å². The summed E-state index contributed by atoms with van der Waals surface area (Å²) in [5.41, 5.74) is 1.02. The maximum atomic E-state index is 9.84. The van der Waals surface area contributed by atoms with E-state index in [-0.39, 0.29) is 0 Å². The van der Waals surface area contributed by atoms with E-state index in [2.05, 4.69) is 27.3 Å². The number of rotatable bonds is 3. The number of hydrogen-bond donors (Lipinski definition) is 0. The van der Waals surface area contributed by atoms with Gasteiger partial charge in [-0.1, -0.05) is 12.1 Å². The molecule has 0 unspecified atom stereocenters. The van der Waals surface area contributed by atoms with Gasteiger partial charge in [-0.25, -0.2) is 0 Å². The van der Waals surface area contributed by atoms with Crippen LogP contribution in [-0.2, 0) is 16.1 Å². The van der Waals surface area contributed by atoms with Crippen LogP contribution >= 0.6 is 22.6 Å². The predicted octanol–water partition coefficient (Wildman–Crippen LogP) is 1.96. The van der Waals surface area contributed by atoms with Gasteiger partial charge in [0.2, 0.25) is 0 Å². The highest BCUT2D eigenvalue weighted by atomic mass is 127.